The van der Waals surface area contributed by atoms with Gasteiger partial charge in [-0.1, -0.05) is 12.0 Å². The molecule has 4 rings (SSSR count). The molecule has 3 heterocycles. The average Bonchev–Trinajstić information content (AvgIpc) is 3.16. The SMILES string of the molecule is CCOc1cc(C#Cc2nn(C3CN(C(=O)/C=C/CN(C)C)C3)c3ncnc(N)c23)cc(OCC)c1. The van der Waals surface area contributed by atoms with Crippen LogP contribution in [0.25, 0.3) is 11.0 Å². The van der Waals surface area contributed by atoms with Crippen LogP contribution in [0.15, 0.2) is 36.7 Å². The van der Waals surface area contributed by atoms with Gasteiger partial charge in [-0.2, -0.15) is 5.10 Å². The van der Waals surface area contributed by atoms with Crippen LogP contribution in [0.4, 0.5) is 5.82 Å². The highest BCUT2D eigenvalue weighted by molar-refractivity contribution is 5.91. The maximum atomic E-state index is 12.4. The highest BCUT2D eigenvalue weighted by Gasteiger charge is 2.33. The van der Waals surface area contributed by atoms with Crippen LogP contribution >= 0.6 is 0 Å². The van der Waals surface area contributed by atoms with E-state index in [1.165, 1.54) is 6.33 Å². The van der Waals surface area contributed by atoms with Crippen LogP contribution in [0.1, 0.15) is 31.1 Å². The smallest absolute Gasteiger partial charge is 0.246 e. The Balaban J connectivity index is 1.60. The number of aromatic nitrogens is 4. The van der Waals surface area contributed by atoms with Crippen LogP contribution in [-0.2, 0) is 4.79 Å². The standard InChI is InChI=1S/C26H31N7O3/c1-5-35-20-12-18(13-21(14-20)36-6-2)9-10-22-24-25(27)28-17-29-26(24)33(30-22)19-15-32(16-19)23(34)8-7-11-31(3)4/h7-8,12-14,17,19H,5-6,11,15-16H2,1-4H3,(H2,27,28,29)/b8-7+. The number of nitrogens with two attached hydrogens (primary N) is 1. The molecule has 3 aromatic rings. The van der Waals surface area contributed by atoms with Crippen molar-refractivity contribution in [3.05, 3.63) is 47.9 Å². The number of likely N-dealkylation sites (N-methyl/N-ethyl adjacent to an activating group) is 1. The first kappa shape index (κ1) is 25.0. The van der Waals surface area contributed by atoms with E-state index in [1.54, 1.807) is 15.7 Å². The van der Waals surface area contributed by atoms with Crippen LogP contribution in [0.2, 0.25) is 0 Å². The Bertz CT molecular complexity index is 1310. The molecule has 10 heteroatoms. The second-order valence-electron chi connectivity index (χ2n) is 8.62. The second-order valence-corrected chi connectivity index (χ2v) is 8.62. The van der Waals surface area contributed by atoms with Crippen molar-refractivity contribution in [3.8, 4) is 23.3 Å². The zero-order chi connectivity index (χ0) is 25.7. The summed E-state index contributed by atoms with van der Waals surface area (Å²) in [5.74, 6) is 7.95. The maximum Gasteiger partial charge on any atom is 0.246 e. The summed E-state index contributed by atoms with van der Waals surface area (Å²) in [6, 6.07) is 5.54. The van der Waals surface area contributed by atoms with Crippen LogP contribution < -0.4 is 15.2 Å². The normalized spacial score (nSPS) is 13.6. The quantitative estimate of drug-likeness (QED) is 0.378. The molecule has 1 fully saturated rings. The number of rotatable bonds is 8. The lowest BCUT2D eigenvalue weighted by Gasteiger charge is -2.38. The number of amides is 1. The molecule has 2 aromatic heterocycles. The van der Waals surface area contributed by atoms with E-state index in [9.17, 15) is 4.79 Å². The van der Waals surface area contributed by atoms with E-state index < -0.39 is 0 Å². The fourth-order valence-electron chi connectivity index (χ4n) is 3.87. The molecule has 1 aliphatic rings. The van der Waals surface area contributed by atoms with Gasteiger partial charge < -0.3 is 25.0 Å². The number of benzene rings is 1. The van der Waals surface area contributed by atoms with Crippen LogP contribution in [0.3, 0.4) is 0 Å². The predicted octanol–water partition coefficient (Wildman–Crippen LogP) is 2.11. The van der Waals surface area contributed by atoms with Crippen molar-refractivity contribution >= 4 is 22.8 Å². The van der Waals surface area contributed by atoms with E-state index in [4.69, 9.17) is 20.3 Å². The molecular formula is C26H31N7O3. The van der Waals surface area contributed by atoms with Crippen molar-refractivity contribution < 1.29 is 14.3 Å². The third-order valence-corrected chi connectivity index (χ3v) is 5.60. The summed E-state index contributed by atoms with van der Waals surface area (Å²) in [6.45, 7) is 6.71. The summed E-state index contributed by atoms with van der Waals surface area (Å²) in [4.78, 5) is 24.7. The van der Waals surface area contributed by atoms with E-state index >= 15 is 0 Å². The molecule has 0 aliphatic carbocycles. The zero-order valence-corrected chi connectivity index (χ0v) is 21.1. The van der Waals surface area contributed by atoms with Gasteiger partial charge in [0, 0.05) is 37.3 Å². The Morgan fingerprint density at radius 2 is 1.83 bits per heavy atom. The number of nitrogens with zero attached hydrogens (tertiary/aromatic N) is 6. The minimum Gasteiger partial charge on any atom is -0.494 e. The van der Waals surface area contributed by atoms with Gasteiger partial charge in [0.25, 0.3) is 0 Å². The summed E-state index contributed by atoms with van der Waals surface area (Å²) < 4.78 is 13.1. The van der Waals surface area contributed by atoms with Gasteiger partial charge in [-0.15, -0.1) is 0 Å². The topological polar surface area (TPSA) is 112 Å². The molecule has 0 unspecified atom stereocenters. The second kappa shape index (κ2) is 11.1. The Hall–Kier alpha value is -4.10. The van der Waals surface area contributed by atoms with Crippen molar-refractivity contribution in [2.24, 2.45) is 0 Å². The lowest BCUT2D eigenvalue weighted by molar-refractivity contribution is -0.131. The van der Waals surface area contributed by atoms with Gasteiger partial charge in [0.1, 0.15) is 29.3 Å². The highest BCUT2D eigenvalue weighted by Crippen LogP contribution is 2.29. The molecular weight excluding hydrogens is 458 g/mol. The highest BCUT2D eigenvalue weighted by atomic mass is 16.5. The van der Waals surface area contributed by atoms with Crippen molar-refractivity contribution in [1.29, 1.82) is 0 Å². The third-order valence-electron chi connectivity index (χ3n) is 5.60. The lowest BCUT2D eigenvalue weighted by atomic mass is 10.1. The number of anilines is 1. The number of carbonyl (C=O) groups is 1. The largest absolute Gasteiger partial charge is 0.494 e. The maximum absolute atomic E-state index is 12.4. The third kappa shape index (κ3) is 5.58. The predicted molar refractivity (Wildman–Crippen MR) is 138 cm³/mol. The number of fused-ring (bicyclic) bond motifs is 1. The Morgan fingerprint density at radius 1 is 1.14 bits per heavy atom. The molecule has 0 spiro atoms. The van der Waals surface area contributed by atoms with Crippen molar-refractivity contribution in [2.45, 2.75) is 19.9 Å². The number of likely N-dealkylation sites (tertiary alicyclic amines) is 1. The molecule has 1 aliphatic heterocycles. The van der Waals surface area contributed by atoms with Gasteiger partial charge in [-0.05, 0) is 46.0 Å². The average molecular weight is 490 g/mol. The first-order chi connectivity index (χ1) is 17.4. The first-order valence-electron chi connectivity index (χ1n) is 11.9. The number of carbonyl (C=O) groups excluding carboxylic acids is 1. The molecule has 2 N–H and O–H groups in total. The lowest BCUT2D eigenvalue weighted by Crippen LogP contribution is -2.50. The summed E-state index contributed by atoms with van der Waals surface area (Å²) in [6.07, 6.45) is 4.89. The van der Waals surface area contributed by atoms with Crippen LogP contribution in [0.5, 0.6) is 11.5 Å². The molecule has 1 saturated heterocycles. The molecule has 0 atom stereocenters. The van der Waals surface area contributed by atoms with Gasteiger partial charge in [0.05, 0.1) is 24.6 Å². The molecule has 0 bridgehead atoms. The Labute approximate surface area is 210 Å². The number of ether oxygens (including phenoxy) is 2. The summed E-state index contributed by atoms with van der Waals surface area (Å²) in [7, 11) is 3.91. The molecule has 0 saturated carbocycles. The van der Waals surface area contributed by atoms with Gasteiger partial charge in [0.15, 0.2) is 5.65 Å². The van der Waals surface area contributed by atoms with E-state index in [2.05, 4.69) is 21.8 Å². The molecule has 36 heavy (non-hydrogen) atoms. The monoisotopic (exact) mass is 489 g/mol. The summed E-state index contributed by atoms with van der Waals surface area (Å²) in [5.41, 5.74) is 8.01. The van der Waals surface area contributed by atoms with Gasteiger partial charge in [-0.3, -0.25) is 4.79 Å². The molecule has 1 aromatic carbocycles. The minimum absolute atomic E-state index is 0.0157. The first-order valence-corrected chi connectivity index (χ1v) is 11.9. The summed E-state index contributed by atoms with van der Waals surface area (Å²) >= 11 is 0. The number of hydrogen-bond donors (Lipinski definition) is 1. The number of nitrogen functional groups attached to an aromatic ring is 1. The fraction of sp³-hybridized carbons (Fsp3) is 0.385. The molecule has 188 valence electrons. The van der Waals surface area contributed by atoms with Crippen molar-refractivity contribution in [3.63, 3.8) is 0 Å². The van der Waals surface area contributed by atoms with Crippen LogP contribution in [0, 0.1) is 11.8 Å². The van der Waals surface area contributed by atoms with E-state index in [0.717, 1.165) is 5.56 Å². The Kier molecular flexibility index (Phi) is 7.71. The minimum atomic E-state index is -0.0191. The Morgan fingerprint density at radius 3 is 2.47 bits per heavy atom. The van der Waals surface area contributed by atoms with Gasteiger partial charge in [0.2, 0.25) is 5.91 Å². The molecule has 0 radical (unpaired) electrons. The van der Waals surface area contributed by atoms with E-state index in [1.807, 2.05) is 57.1 Å². The van der Waals surface area contributed by atoms with Crippen molar-refractivity contribution in [1.82, 2.24) is 29.5 Å². The van der Waals surface area contributed by atoms with E-state index in [0.29, 0.717) is 66.9 Å². The number of hydrogen-bond acceptors (Lipinski definition) is 8. The van der Waals surface area contributed by atoms with E-state index in [-0.39, 0.29) is 11.9 Å². The summed E-state index contributed by atoms with van der Waals surface area (Å²) in [5, 5.41) is 5.32. The molecule has 10 nitrogen and oxygen atoms in total. The van der Waals surface area contributed by atoms with Gasteiger partial charge >= 0.3 is 0 Å². The molecule has 1 amide bonds. The van der Waals surface area contributed by atoms with Crippen LogP contribution in [-0.4, -0.2) is 82.4 Å². The fourth-order valence-corrected chi connectivity index (χ4v) is 3.87. The van der Waals surface area contributed by atoms with Crippen molar-refractivity contribution in [2.75, 3.05) is 52.7 Å². The zero-order valence-electron chi connectivity index (χ0n) is 21.1. The van der Waals surface area contributed by atoms with Gasteiger partial charge in [-0.25, -0.2) is 14.6 Å².